The molecule has 1 amide bonds. The topological polar surface area (TPSA) is 50.7 Å². The normalized spacial score (nSPS) is 11.1. The summed E-state index contributed by atoms with van der Waals surface area (Å²) in [6.45, 7) is 4.01. The third kappa shape index (κ3) is 5.83. The van der Waals surface area contributed by atoms with Crippen LogP contribution in [0.3, 0.4) is 0 Å². The van der Waals surface area contributed by atoms with Gasteiger partial charge in [0.05, 0.1) is 15.7 Å². The molecule has 0 radical (unpaired) electrons. The standard InChI is InChI=1S/C18H17BrClFN2O2/c1-11(2)12-4-6-17(15(19)7-12)25-10-18(24)23-22-9-13-3-5-14(21)8-16(13)20/h3-9,11H,10H2,1-2H3,(H,23,24). The lowest BCUT2D eigenvalue weighted by Gasteiger charge is -2.10. The van der Waals surface area contributed by atoms with E-state index in [2.05, 4.69) is 40.3 Å². The summed E-state index contributed by atoms with van der Waals surface area (Å²) >= 11 is 9.30. The number of ether oxygens (including phenoxy) is 1. The van der Waals surface area contributed by atoms with E-state index in [1.807, 2.05) is 18.2 Å². The van der Waals surface area contributed by atoms with Crippen molar-refractivity contribution in [3.8, 4) is 5.75 Å². The predicted octanol–water partition coefficient (Wildman–Crippen LogP) is 4.89. The number of amides is 1. The number of hydrogen-bond acceptors (Lipinski definition) is 3. The summed E-state index contributed by atoms with van der Waals surface area (Å²) in [4.78, 5) is 11.8. The number of nitrogens with zero attached hydrogens (tertiary/aromatic N) is 1. The van der Waals surface area contributed by atoms with Gasteiger partial charge in [0.2, 0.25) is 0 Å². The van der Waals surface area contributed by atoms with Gasteiger partial charge < -0.3 is 4.74 Å². The molecular weight excluding hydrogens is 411 g/mol. The highest BCUT2D eigenvalue weighted by Crippen LogP contribution is 2.28. The Hall–Kier alpha value is -1.92. The molecular formula is C18H17BrClFN2O2. The fourth-order valence-electron chi connectivity index (χ4n) is 1.95. The number of halogens is 3. The molecule has 7 heteroatoms. The van der Waals surface area contributed by atoms with Crippen LogP contribution in [-0.4, -0.2) is 18.7 Å². The maximum Gasteiger partial charge on any atom is 0.277 e. The zero-order valence-electron chi connectivity index (χ0n) is 13.7. The molecule has 2 aromatic rings. The van der Waals surface area contributed by atoms with Gasteiger partial charge in [-0.2, -0.15) is 5.10 Å². The van der Waals surface area contributed by atoms with E-state index in [-0.39, 0.29) is 11.6 Å². The monoisotopic (exact) mass is 426 g/mol. The summed E-state index contributed by atoms with van der Waals surface area (Å²) in [7, 11) is 0. The Balaban J connectivity index is 1.87. The van der Waals surface area contributed by atoms with Crippen molar-refractivity contribution in [2.45, 2.75) is 19.8 Å². The Morgan fingerprint density at radius 2 is 2.12 bits per heavy atom. The van der Waals surface area contributed by atoms with Gasteiger partial charge in [-0.3, -0.25) is 4.79 Å². The second-order valence-electron chi connectivity index (χ2n) is 5.59. The minimum absolute atomic E-state index is 0.186. The van der Waals surface area contributed by atoms with Gasteiger partial charge in [-0.1, -0.05) is 31.5 Å². The second kappa shape index (κ2) is 8.97. The fraction of sp³-hybridized carbons (Fsp3) is 0.222. The van der Waals surface area contributed by atoms with Crippen molar-refractivity contribution in [3.05, 3.63) is 62.8 Å². The highest BCUT2D eigenvalue weighted by atomic mass is 79.9. The molecule has 0 heterocycles. The van der Waals surface area contributed by atoms with Gasteiger partial charge >= 0.3 is 0 Å². The summed E-state index contributed by atoms with van der Waals surface area (Å²) in [5.74, 6) is 0.120. The van der Waals surface area contributed by atoms with Crippen LogP contribution < -0.4 is 10.2 Å². The first-order valence-electron chi connectivity index (χ1n) is 7.56. The van der Waals surface area contributed by atoms with E-state index in [0.717, 1.165) is 4.47 Å². The van der Waals surface area contributed by atoms with Crippen molar-refractivity contribution >= 4 is 39.7 Å². The van der Waals surface area contributed by atoms with E-state index in [9.17, 15) is 9.18 Å². The molecule has 0 aliphatic rings. The highest BCUT2D eigenvalue weighted by Gasteiger charge is 2.08. The minimum Gasteiger partial charge on any atom is -0.483 e. The first-order valence-corrected chi connectivity index (χ1v) is 8.73. The zero-order chi connectivity index (χ0) is 18.4. The molecule has 0 bridgehead atoms. The zero-order valence-corrected chi connectivity index (χ0v) is 16.1. The van der Waals surface area contributed by atoms with Crippen LogP contribution in [0.4, 0.5) is 4.39 Å². The maximum absolute atomic E-state index is 12.9. The molecule has 25 heavy (non-hydrogen) atoms. The molecule has 0 saturated carbocycles. The van der Waals surface area contributed by atoms with E-state index in [0.29, 0.717) is 17.2 Å². The smallest absolute Gasteiger partial charge is 0.277 e. The Morgan fingerprint density at radius 3 is 2.76 bits per heavy atom. The lowest BCUT2D eigenvalue weighted by Crippen LogP contribution is -2.24. The van der Waals surface area contributed by atoms with Crippen molar-refractivity contribution in [2.24, 2.45) is 5.10 Å². The molecule has 4 nitrogen and oxygen atoms in total. The molecule has 0 atom stereocenters. The highest BCUT2D eigenvalue weighted by molar-refractivity contribution is 9.10. The first-order chi connectivity index (χ1) is 11.9. The molecule has 0 aromatic heterocycles. The van der Waals surface area contributed by atoms with E-state index in [1.165, 1.54) is 30.0 Å². The lowest BCUT2D eigenvalue weighted by atomic mass is 10.0. The summed E-state index contributed by atoms with van der Waals surface area (Å²) in [6.07, 6.45) is 1.34. The molecule has 2 aromatic carbocycles. The maximum atomic E-state index is 12.9. The van der Waals surface area contributed by atoms with Crippen LogP contribution >= 0.6 is 27.5 Å². The Kier molecular flexibility index (Phi) is 6.96. The Labute approximate surface area is 159 Å². The van der Waals surface area contributed by atoms with Crippen LogP contribution in [0.2, 0.25) is 5.02 Å². The average Bonchev–Trinajstić information content (AvgIpc) is 2.55. The third-order valence-corrected chi connectivity index (χ3v) is 4.28. The quantitative estimate of drug-likeness (QED) is 0.527. The molecule has 0 spiro atoms. The van der Waals surface area contributed by atoms with Gasteiger partial charge in [0.1, 0.15) is 11.6 Å². The van der Waals surface area contributed by atoms with Crippen molar-refractivity contribution in [1.82, 2.24) is 5.43 Å². The Bertz CT molecular complexity index is 797. The van der Waals surface area contributed by atoms with Gasteiger partial charge in [0, 0.05) is 5.56 Å². The van der Waals surface area contributed by atoms with E-state index >= 15 is 0 Å². The number of carbonyl (C=O) groups excluding carboxylic acids is 1. The summed E-state index contributed by atoms with van der Waals surface area (Å²) in [6, 6.07) is 9.64. The van der Waals surface area contributed by atoms with Gasteiger partial charge in [0.15, 0.2) is 6.61 Å². The molecule has 2 rings (SSSR count). The van der Waals surface area contributed by atoms with Crippen LogP contribution in [-0.2, 0) is 4.79 Å². The molecule has 0 aliphatic heterocycles. The van der Waals surface area contributed by atoms with Crippen LogP contribution in [0, 0.1) is 5.82 Å². The number of nitrogens with one attached hydrogen (secondary N) is 1. The summed E-state index contributed by atoms with van der Waals surface area (Å²) < 4.78 is 19.2. The van der Waals surface area contributed by atoms with Crippen molar-refractivity contribution in [2.75, 3.05) is 6.61 Å². The van der Waals surface area contributed by atoms with Crippen LogP contribution in [0.1, 0.15) is 30.9 Å². The Morgan fingerprint density at radius 1 is 1.36 bits per heavy atom. The number of hydrogen-bond donors (Lipinski definition) is 1. The van der Waals surface area contributed by atoms with E-state index in [4.69, 9.17) is 16.3 Å². The summed E-state index contributed by atoms with van der Waals surface area (Å²) in [5.41, 5.74) is 4.00. The lowest BCUT2D eigenvalue weighted by molar-refractivity contribution is -0.123. The van der Waals surface area contributed by atoms with Crippen LogP contribution in [0.5, 0.6) is 5.75 Å². The van der Waals surface area contributed by atoms with Gasteiger partial charge in [0.25, 0.3) is 5.91 Å². The molecule has 0 fully saturated rings. The molecule has 0 unspecified atom stereocenters. The van der Waals surface area contributed by atoms with Crippen LogP contribution in [0.25, 0.3) is 0 Å². The summed E-state index contributed by atoms with van der Waals surface area (Å²) in [5, 5.41) is 3.99. The van der Waals surface area contributed by atoms with Gasteiger partial charge in [-0.15, -0.1) is 0 Å². The minimum atomic E-state index is -0.436. The van der Waals surface area contributed by atoms with E-state index < -0.39 is 11.7 Å². The van der Waals surface area contributed by atoms with Gasteiger partial charge in [-0.25, -0.2) is 9.82 Å². The number of hydrazone groups is 1. The van der Waals surface area contributed by atoms with E-state index in [1.54, 1.807) is 0 Å². The van der Waals surface area contributed by atoms with Crippen molar-refractivity contribution < 1.29 is 13.9 Å². The number of rotatable bonds is 6. The molecule has 0 aliphatic carbocycles. The molecule has 0 saturated heterocycles. The van der Waals surface area contributed by atoms with Gasteiger partial charge in [-0.05, 0) is 57.7 Å². The van der Waals surface area contributed by atoms with Crippen molar-refractivity contribution in [1.29, 1.82) is 0 Å². The SMILES string of the molecule is CC(C)c1ccc(OCC(=O)NN=Cc2ccc(F)cc2Cl)c(Br)c1. The third-order valence-electron chi connectivity index (χ3n) is 3.34. The van der Waals surface area contributed by atoms with Crippen molar-refractivity contribution in [3.63, 3.8) is 0 Å². The fourth-order valence-corrected chi connectivity index (χ4v) is 2.68. The molecule has 1 N–H and O–H groups in total. The molecule has 132 valence electrons. The first kappa shape index (κ1) is 19.4. The predicted molar refractivity (Wildman–Crippen MR) is 101 cm³/mol. The number of benzene rings is 2. The second-order valence-corrected chi connectivity index (χ2v) is 6.85. The number of carbonyl (C=O) groups is 1. The average molecular weight is 428 g/mol. The van der Waals surface area contributed by atoms with Crippen LogP contribution in [0.15, 0.2) is 46.0 Å². The largest absolute Gasteiger partial charge is 0.483 e.